The second kappa shape index (κ2) is 4.61. The molecule has 0 radical (unpaired) electrons. The molecule has 0 amide bonds. The molecule has 0 aliphatic rings. The number of nitrogens with zero attached hydrogens (tertiary/aromatic N) is 1. The van der Waals surface area contributed by atoms with Gasteiger partial charge < -0.3 is 10.6 Å². The summed E-state index contributed by atoms with van der Waals surface area (Å²) in [6.07, 6.45) is 0. The Morgan fingerprint density at radius 2 is 1.85 bits per heavy atom. The highest BCUT2D eigenvalue weighted by Gasteiger charge is 1.99. The SMILES string of the molecule is CN(C)Cc1cc(Cl)cc(CN)c1. The van der Waals surface area contributed by atoms with Gasteiger partial charge in [0.15, 0.2) is 0 Å². The quantitative estimate of drug-likeness (QED) is 0.804. The summed E-state index contributed by atoms with van der Waals surface area (Å²) in [5, 5.41) is 0.764. The van der Waals surface area contributed by atoms with Crippen LogP contribution in [0.1, 0.15) is 11.1 Å². The minimum atomic E-state index is 0.543. The summed E-state index contributed by atoms with van der Waals surface area (Å²) < 4.78 is 0. The van der Waals surface area contributed by atoms with Crippen LogP contribution < -0.4 is 5.73 Å². The summed E-state index contributed by atoms with van der Waals surface area (Å²) in [5.41, 5.74) is 7.84. The average molecular weight is 199 g/mol. The molecule has 0 heterocycles. The molecular weight excluding hydrogens is 184 g/mol. The maximum absolute atomic E-state index is 5.94. The van der Waals surface area contributed by atoms with Crippen LogP contribution in [0, 0.1) is 0 Å². The first-order valence-electron chi connectivity index (χ1n) is 4.25. The van der Waals surface area contributed by atoms with Gasteiger partial charge in [-0.25, -0.2) is 0 Å². The number of hydrogen-bond acceptors (Lipinski definition) is 2. The Morgan fingerprint density at radius 3 is 2.38 bits per heavy atom. The minimum absolute atomic E-state index is 0.543. The first kappa shape index (κ1) is 10.5. The molecule has 0 bridgehead atoms. The predicted molar refractivity (Wildman–Crippen MR) is 56.7 cm³/mol. The van der Waals surface area contributed by atoms with Gasteiger partial charge in [0.1, 0.15) is 0 Å². The van der Waals surface area contributed by atoms with Crippen LogP contribution in [0.15, 0.2) is 18.2 Å². The monoisotopic (exact) mass is 198 g/mol. The maximum Gasteiger partial charge on any atom is 0.0412 e. The molecule has 0 aromatic heterocycles. The highest BCUT2D eigenvalue weighted by Crippen LogP contribution is 2.15. The molecule has 2 N–H and O–H groups in total. The van der Waals surface area contributed by atoms with Crippen molar-refractivity contribution in [1.82, 2.24) is 4.90 Å². The van der Waals surface area contributed by atoms with E-state index in [2.05, 4.69) is 11.0 Å². The van der Waals surface area contributed by atoms with Gasteiger partial charge >= 0.3 is 0 Å². The van der Waals surface area contributed by atoms with Gasteiger partial charge in [0, 0.05) is 18.1 Å². The summed E-state index contributed by atoms with van der Waals surface area (Å²) in [4.78, 5) is 2.10. The smallest absolute Gasteiger partial charge is 0.0412 e. The van der Waals surface area contributed by atoms with Crippen molar-refractivity contribution in [2.75, 3.05) is 14.1 Å². The maximum atomic E-state index is 5.94. The molecule has 72 valence electrons. The molecule has 1 aromatic rings. The Balaban J connectivity index is 2.88. The van der Waals surface area contributed by atoms with Crippen LogP contribution >= 0.6 is 11.6 Å². The summed E-state index contributed by atoms with van der Waals surface area (Å²) in [6, 6.07) is 5.97. The summed E-state index contributed by atoms with van der Waals surface area (Å²) in [5.74, 6) is 0. The lowest BCUT2D eigenvalue weighted by atomic mass is 10.1. The zero-order chi connectivity index (χ0) is 9.84. The van der Waals surface area contributed by atoms with Crippen LogP contribution in [0.4, 0.5) is 0 Å². The van der Waals surface area contributed by atoms with E-state index >= 15 is 0 Å². The molecule has 3 heteroatoms. The molecule has 0 spiro atoms. The fourth-order valence-electron chi connectivity index (χ4n) is 1.29. The Labute approximate surface area is 84.3 Å². The molecular formula is C10H15ClN2. The second-order valence-electron chi connectivity index (χ2n) is 3.41. The van der Waals surface area contributed by atoms with Crippen LogP contribution in [0.3, 0.4) is 0 Å². The van der Waals surface area contributed by atoms with Crippen LogP contribution in [-0.2, 0) is 13.1 Å². The Hall–Kier alpha value is -0.570. The molecule has 0 atom stereocenters. The van der Waals surface area contributed by atoms with Crippen LogP contribution in [0.5, 0.6) is 0 Å². The fourth-order valence-corrected chi connectivity index (χ4v) is 1.57. The number of halogens is 1. The van der Waals surface area contributed by atoms with Crippen molar-refractivity contribution < 1.29 is 0 Å². The Kier molecular flexibility index (Phi) is 3.72. The molecule has 0 unspecified atom stereocenters. The van der Waals surface area contributed by atoms with E-state index in [0.717, 1.165) is 17.1 Å². The molecule has 0 aliphatic carbocycles. The molecule has 1 aromatic carbocycles. The third-order valence-electron chi connectivity index (χ3n) is 1.75. The summed E-state index contributed by atoms with van der Waals surface area (Å²) >= 11 is 5.94. The number of hydrogen-bond donors (Lipinski definition) is 1. The zero-order valence-corrected chi connectivity index (χ0v) is 8.80. The highest BCUT2D eigenvalue weighted by molar-refractivity contribution is 6.30. The van der Waals surface area contributed by atoms with Crippen molar-refractivity contribution in [3.63, 3.8) is 0 Å². The molecule has 13 heavy (non-hydrogen) atoms. The molecule has 0 saturated heterocycles. The number of benzene rings is 1. The Bertz CT molecular complexity index is 284. The first-order valence-corrected chi connectivity index (χ1v) is 4.63. The molecule has 0 aliphatic heterocycles. The van der Waals surface area contributed by atoms with E-state index in [1.807, 2.05) is 26.2 Å². The van der Waals surface area contributed by atoms with E-state index in [4.69, 9.17) is 17.3 Å². The third-order valence-corrected chi connectivity index (χ3v) is 1.97. The van der Waals surface area contributed by atoms with Gasteiger partial charge in [0.25, 0.3) is 0 Å². The Morgan fingerprint density at radius 1 is 1.23 bits per heavy atom. The highest BCUT2D eigenvalue weighted by atomic mass is 35.5. The third kappa shape index (κ3) is 3.35. The van der Waals surface area contributed by atoms with Gasteiger partial charge in [-0.15, -0.1) is 0 Å². The molecule has 0 fully saturated rings. The van der Waals surface area contributed by atoms with Gasteiger partial charge in [-0.05, 0) is 37.4 Å². The lowest BCUT2D eigenvalue weighted by Gasteiger charge is -2.11. The summed E-state index contributed by atoms with van der Waals surface area (Å²) in [6.45, 7) is 1.44. The standard InChI is InChI=1S/C10H15ClN2/c1-13(2)7-9-3-8(6-12)4-10(11)5-9/h3-5H,6-7,12H2,1-2H3. The van der Waals surface area contributed by atoms with Gasteiger partial charge in [0.2, 0.25) is 0 Å². The number of nitrogens with two attached hydrogens (primary N) is 1. The minimum Gasteiger partial charge on any atom is -0.326 e. The summed E-state index contributed by atoms with van der Waals surface area (Å²) in [7, 11) is 4.06. The van der Waals surface area contributed by atoms with E-state index in [9.17, 15) is 0 Å². The topological polar surface area (TPSA) is 29.3 Å². The largest absolute Gasteiger partial charge is 0.326 e. The lowest BCUT2D eigenvalue weighted by Crippen LogP contribution is -2.11. The van der Waals surface area contributed by atoms with Crippen LogP contribution in [0.2, 0.25) is 5.02 Å². The van der Waals surface area contributed by atoms with Gasteiger partial charge in [-0.3, -0.25) is 0 Å². The van der Waals surface area contributed by atoms with Gasteiger partial charge in [-0.2, -0.15) is 0 Å². The molecule has 0 saturated carbocycles. The normalized spacial score (nSPS) is 10.8. The molecule has 2 nitrogen and oxygen atoms in total. The van der Waals surface area contributed by atoms with Crippen molar-refractivity contribution in [2.24, 2.45) is 5.73 Å². The van der Waals surface area contributed by atoms with E-state index in [1.54, 1.807) is 0 Å². The van der Waals surface area contributed by atoms with E-state index in [0.29, 0.717) is 6.54 Å². The van der Waals surface area contributed by atoms with E-state index in [-0.39, 0.29) is 0 Å². The van der Waals surface area contributed by atoms with Gasteiger partial charge in [0.05, 0.1) is 0 Å². The van der Waals surface area contributed by atoms with E-state index < -0.39 is 0 Å². The number of rotatable bonds is 3. The second-order valence-corrected chi connectivity index (χ2v) is 3.85. The van der Waals surface area contributed by atoms with Crippen LogP contribution in [0.25, 0.3) is 0 Å². The van der Waals surface area contributed by atoms with Gasteiger partial charge in [-0.1, -0.05) is 17.7 Å². The van der Waals surface area contributed by atoms with Crippen molar-refractivity contribution >= 4 is 11.6 Å². The first-order chi connectivity index (χ1) is 6.11. The van der Waals surface area contributed by atoms with Crippen molar-refractivity contribution in [3.05, 3.63) is 34.3 Å². The predicted octanol–water partition coefficient (Wildman–Crippen LogP) is 1.86. The van der Waals surface area contributed by atoms with E-state index in [1.165, 1.54) is 5.56 Å². The van der Waals surface area contributed by atoms with Crippen LogP contribution in [-0.4, -0.2) is 19.0 Å². The van der Waals surface area contributed by atoms with Crippen molar-refractivity contribution in [3.8, 4) is 0 Å². The average Bonchev–Trinajstić information content (AvgIpc) is 2.01. The molecule has 1 rings (SSSR count). The fraction of sp³-hybridized carbons (Fsp3) is 0.400. The zero-order valence-electron chi connectivity index (χ0n) is 8.05. The lowest BCUT2D eigenvalue weighted by molar-refractivity contribution is 0.402. The van der Waals surface area contributed by atoms with Crippen molar-refractivity contribution in [1.29, 1.82) is 0 Å². The van der Waals surface area contributed by atoms with Crippen molar-refractivity contribution in [2.45, 2.75) is 13.1 Å².